The molecular weight excluding hydrogens is 216 g/mol. The van der Waals surface area contributed by atoms with Gasteiger partial charge in [-0.1, -0.05) is 12.1 Å². The second-order valence-corrected chi connectivity index (χ2v) is 4.31. The number of hydrogen-bond donors (Lipinski definition) is 1. The fraction of sp³-hybridized carbons (Fsp3) is 0.462. The topological polar surface area (TPSA) is 41.6 Å². The Bertz CT molecular complexity index is 377. The van der Waals surface area contributed by atoms with E-state index in [1.165, 1.54) is 0 Å². The third-order valence-corrected chi connectivity index (χ3v) is 2.31. The molecule has 0 heterocycles. The van der Waals surface area contributed by atoms with E-state index >= 15 is 0 Å². The molecule has 1 aromatic carbocycles. The van der Waals surface area contributed by atoms with Gasteiger partial charge in [-0.3, -0.25) is 0 Å². The predicted octanol–water partition coefficient (Wildman–Crippen LogP) is 2.25. The number of amides is 2. The lowest BCUT2D eigenvalue weighted by Gasteiger charge is -2.19. The number of nitrogens with one attached hydrogen (secondary N) is 1. The molecule has 0 aliphatic rings. The van der Waals surface area contributed by atoms with E-state index in [1.807, 2.05) is 38.1 Å². The summed E-state index contributed by atoms with van der Waals surface area (Å²) in [6.45, 7) is 4.45. The Morgan fingerprint density at radius 2 is 2.18 bits per heavy atom. The molecule has 4 nitrogen and oxygen atoms in total. The van der Waals surface area contributed by atoms with Gasteiger partial charge in [0.2, 0.25) is 0 Å². The molecule has 0 radical (unpaired) electrons. The minimum absolute atomic E-state index is 0.0668. The van der Waals surface area contributed by atoms with Gasteiger partial charge in [0.25, 0.3) is 0 Å². The summed E-state index contributed by atoms with van der Waals surface area (Å²) in [6, 6.07) is 7.79. The van der Waals surface area contributed by atoms with Crippen LogP contribution < -0.4 is 10.1 Å². The van der Waals surface area contributed by atoms with Crippen LogP contribution in [0.2, 0.25) is 0 Å². The molecule has 0 saturated heterocycles. The first-order chi connectivity index (χ1) is 8.02. The lowest BCUT2D eigenvalue weighted by Crippen LogP contribution is -2.40. The first kappa shape index (κ1) is 13.4. The highest BCUT2D eigenvalue weighted by atomic mass is 16.5. The summed E-state index contributed by atoms with van der Waals surface area (Å²) in [7, 11) is 3.41. The van der Waals surface area contributed by atoms with Crippen LogP contribution in [0.5, 0.6) is 5.75 Å². The molecule has 0 aliphatic heterocycles. The van der Waals surface area contributed by atoms with Crippen LogP contribution in [0.25, 0.3) is 0 Å². The molecule has 0 spiro atoms. The Kier molecular flexibility index (Phi) is 4.82. The Labute approximate surface area is 103 Å². The summed E-state index contributed by atoms with van der Waals surface area (Å²) in [5, 5.41) is 2.85. The van der Waals surface area contributed by atoms with Gasteiger partial charge in [-0.2, -0.15) is 0 Å². The maximum absolute atomic E-state index is 11.7. The highest BCUT2D eigenvalue weighted by Gasteiger charge is 2.09. The molecular formula is C13H20N2O2. The second kappa shape index (κ2) is 6.13. The van der Waals surface area contributed by atoms with Crippen LogP contribution in [-0.2, 0) is 6.54 Å². The largest absolute Gasteiger partial charge is 0.497 e. The van der Waals surface area contributed by atoms with Crippen molar-refractivity contribution in [3.05, 3.63) is 29.8 Å². The lowest BCUT2D eigenvalue weighted by atomic mass is 10.2. The Balaban J connectivity index is 2.60. The van der Waals surface area contributed by atoms with Crippen LogP contribution in [0.15, 0.2) is 24.3 Å². The molecule has 0 atom stereocenters. The van der Waals surface area contributed by atoms with Crippen molar-refractivity contribution in [2.75, 3.05) is 14.2 Å². The van der Waals surface area contributed by atoms with Crippen LogP contribution >= 0.6 is 0 Å². The lowest BCUT2D eigenvalue weighted by molar-refractivity contribution is 0.204. The number of urea groups is 1. The van der Waals surface area contributed by atoms with E-state index in [9.17, 15) is 4.79 Å². The summed E-state index contributed by atoms with van der Waals surface area (Å²) in [6.07, 6.45) is 0. The van der Waals surface area contributed by atoms with Crippen LogP contribution in [-0.4, -0.2) is 31.1 Å². The number of carbonyl (C=O) groups excluding carboxylic acids is 1. The molecule has 0 bridgehead atoms. The highest BCUT2D eigenvalue weighted by molar-refractivity contribution is 5.74. The van der Waals surface area contributed by atoms with Crippen LogP contribution in [0.3, 0.4) is 0 Å². The Morgan fingerprint density at radius 1 is 1.47 bits per heavy atom. The van der Waals surface area contributed by atoms with Gasteiger partial charge in [0.05, 0.1) is 7.11 Å². The fourth-order valence-electron chi connectivity index (χ4n) is 1.47. The van der Waals surface area contributed by atoms with E-state index in [2.05, 4.69) is 5.32 Å². The minimum atomic E-state index is -0.0668. The molecule has 0 fully saturated rings. The number of carbonyl (C=O) groups is 1. The first-order valence-corrected chi connectivity index (χ1v) is 5.67. The maximum Gasteiger partial charge on any atom is 0.317 e. The van der Waals surface area contributed by atoms with Gasteiger partial charge >= 0.3 is 6.03 Å². The first-order valence-electron chi connectivity index (χ1n) is 5.67. The van der Waals surface area contributed by atoms with Crippen molar-refractivity contribution in [1.29, 1.82) is 0 Å². The highest BCUT2D eigenvalue weighted by Crippen LogP contribution is 2.13. The number of benzene rings is 1. The molecule has 1 aromatic rings. The van der Waals surface area contributed by atoms with E-state index in [1.54, 1.807) is 19.1 Å². The van der Waals surface area contributed by atoms with Gasteiger partial charge < -0.3 is 15.0 Å². The van der Waals surface area contributed by atoms with Gasteiger partial charge in [0.15, 0.2) is 0 Å². The monoisotopic (exact) mass is 236 g/mol. The van der Waals surface area contributed by atoms with Gasteiger partial charge in [-0.25, -0.2) is 4.79 Å². The molecule has 4 heteroatoms. The van der Waals surface area contributed by atoms with Crippen molar-refractivity contribution in [2.24, 2.45) is 0 Å². The van der Waals surface area contributed by atoms with Crippen molar-refractivity contribution in [2.45, 2.75) is 26.4 Å². The van der Waals surface area contributed by atoms with E-state index < -0.39 is 0 Å². The number of hydrogen-bond acceptors (Lipinski definition) is 2. The van der Waals surface area contributed by atoms with Crippen molar-refractivity contribution >= 4 is 6.03 Å². The van der Waals surface area contributed by atoms with E-state index in [-0.39, 0.29) is 12.1 Å². The zero-order chi connectivity index (χ0) is 12.8. The van der Waals surface area contributed by atoms with Crippen LogP contribution in [0.1, 0.15) is 19.4 Å². The summed E-state index contributed by atoms with van der Waals surface area (Å²) in [4.78, 5) is 13.3. The predicted molar refractivity (Wildman–Crippen MR) is 68.1 cm³/mol. The van der Waals surface area contributed by atoms with Gasteiger partial charge in [-0.15, -0.1) is 0 Å². The van der Waals surface area contributed by atoms with Crippen molar-refractivity contribution in [1.82, 2.24) is 10.2 Å². The SMILES string of the molecule is COc1cccc(CN(C)C(=O)NC(C)C)c1. The number of rotatable bonds is 4. The van der Waals surface area contributed by atoms with E-state index in [0.29, 0.717) is 6.54 Å². The standard InChI is InChI=1S/C13H20N2O2/c1-10(2)14-13(16)15(3)9-11-6-5-7-12(8-11)17-4/h5-8,10H,9H2,1-4H3,(H,14,16). The van der Waals surface area contributed by atoms with E-state index in [0.717, 1.165) is 11.3 Å². The molecule has 17 heavy (non-hydrogen) atoms. The molecule has 0 aromatic heterocycles. The van der Waals surface area contributed by atoms with Crippen LogP contribution in [0, 0.1) is 0 Å². The average molecular weight is 236 g/mol. The number of nitrogens with zero attached hydrogens (tertiary/aromatic N) is 1. The Hall–Kier alpha value is -1.71. The number of ether oxygens (including phenoxy) is 1. The molecule has 94 valence electrons. The van der Waals surface area contributed by atoms with Gasteiger partial charge in [0, 0.05) is 19.6 Å². The molecule has 2 amide bonds. The fourth-order valence-corrected chi connectivity index (χ4v) is 1.47. The molecule has 0 unspecified atom stereocenters. The zero-order valence-corrected chi connectivity index (χ0v) is 10.9. The number of methoxy groups -OCH3 is 1. The molecule has 0 aliphatic carbocycles. The average Bonchev–Trinajstić information content (AvgIpc) is 2.28. The third-order valence-electron chi connectivity index (χ3n) is 2.31. The third kappa shape index (κ3) is 4.34. The van der Waals surface area contributed by atoms with E-state index in [4.69, 9.17) is 4.74 Å². The summed E-state index contributed by atoms with van der Waals surface area (Å²) < 4.78 is 5.14. The Morgan fingerprint density at radius 3 is 2.76 bits per heavy atom. The zero-order valence-electron chi connectivity index (χ0n) is 10.9. The summed E-state index contributed by atoms with van der Waals surface area (Å²) >= 11 is 0. The summed E-state index contributed by atoms with van der Waals surface area (Å²) in [5.74, 6) is 0.806. The van der Waals surface area contributed by atoms with Crippen molar-refractivity contribution in [3.8, 4) is 5.75 Å². The second-order valence-electron chi connectivity index (χ2n) is 4.31. The normalized spacial score (nSPS) is 10.2. The quantitative estimate of drug-likeness (QED) is 0.871. The van der Waals surface area contributed by atoms with Crippen LogP contribution in [0.4, 0.5) is 4.79 Å². The van der Waals surface area contributed by atoms with Gasteiger partial charge in [-0.05, 0) is 31.5 Å². The molecule has 0 saturated carbocycles. The maximum atomic E-state index is 11.7. The van der Waals surface area contributed by atoms with Crippen molar-refractivity contribution in [3.63, 3.8) is 0 Å². The summed E-state index contributed by atoms with van der Waals surface area (Å²) in [5.41, 5.74) is 1.05. The minimum Gasteiger partial charge on any atom is -0.497 e. The molecule has 1 rings (SSSR count). The van der Waals surface area contributed by atoms with Crippen molar-refractivity contribution < 1.29 is 9.53 Å². The van der Waals surface area contributed by atoms with Gasteiger partial charge in [0.1, 0.15) is 5.75 Å². The molecule has 1 N–H and O–H groups in total. The smallest absolute Gasteiger partial charge is 0.317 e.